The van der Waals surface area contributed by atoms with Gasteiger partial charge in [-0.25, -0.2) is 0 Å². The van der Waals surface area contributed by atoms with Crippen molar-refractivity contribution in [2.75, 3.05) is 0 Å². The molecule has 1 aromatic heterocycles. The molecule has 1 aromatic rings. The predicted octanol–water partition coefficient (Wildman–Crippen LogP) is 4.02. The van der Waals surface area contributed by atoms with Crippen molar-refractivity contribution in [1.29, 1.82) is 0 Å². The fourth-order valence-corrected chi connectivity index (χ4v) is 1.94. The Hall–Kier alpha value is -1.36. The summed E-state index contributed by atoms with van der Waals surface area (Å²) in [6.45, 7) is 0. The highest BCUT2D eigenvalue weighted by molar-refractivity contribution is 7.07. The van der Waals surface area contributed by atoms with Gasteiger partial charge >= 0.3 is 11.9 Å². The van der Waals surface area contributed by atoms with Gasteiger partial charge in [-0.3, -0.25) is 9.59 Å². The molecule has 0 fully saturated rings. The van der Waals surface area contributed by atoms with Gasteiger partial charge in [0.15, 0.2) is 0 Å². The number of hydrogen-bond donors (Lipinski definition) is 2. The second-order valence-corrected chi connectivity index (χ2v) is 5.02. The summed E-state index contributed by atoms with van der Waals surface area (Å²) < 4.78 is 0. The monoisotopic (exact) mass is 286 g/mol. The van der Waals surface area contributed by atoms with Crippen LogP contribution in [-0.2, 0) is 9.59 Å². The first-order valence-electron chi connectivity index (χ1n) is 6.53. The van der Waals surface area contributed by atoms with Crippen LogP contribution in [0.4, 0.5) is 0 Å². The predicted molar refractivity (Wildman–Crippen MR) is 76.5 cm³/mol. The Balaban J connectivity index is 0.000000532. The summed E-state index contributed by atoms with van der Waals surface area (Å²) in [5.74, 6) is -1.48. The van der Waals surface area contributed by atoms with Crippen molar-refractivity contribution in [3.05, 3.63) is 22.9 Å². The van der Waals surface area contributed by atoms with E-state index < -0.39 is 11.9 Å². The van der Waals surface area contributed by atoms with Crippen LogP contribution in [0.25, 0.3) is 0 Å². The van der Waals surface area contributed by atoms with E-state index in [0.717, 1.165) is 38.5 Å². The maximum absolute atomic E-state index is 10.1. The Morgan fingerprint density at radius 1 is 0.737 bits per heavy atom. The van der Waals surface area contributed by atoms with Crippen LogP contribution in [0.1, 0.15) is 51.4 Å². The van der Waals surface area contributed by atoms with Crippen molar-refractivity contribution in [2.45, 2.75) is 51.4 Å². The van der Waals surface area contributed by atoms with Crippen LogP contribution in [0.2, 0.25) is 0 Å². The zero-order valence-corrected chi connectivity index (χ0v) is 11.9. The first-order chi connectivity index (χ1) is 9.13. The van der Waals surface area contributed by atoms with Gasteiger partial charge in [-0.05, 0) is 23.6 Å². The van der Waals surface area contributed by atoms with Gasteiger partial charge in [-0.15, -0.1) is 0 Å². The SMILES string of the molecule is O=C(O)CCCCCCCCC(=O)O.c1ccsc1. The minimum absolute atomic E-state index is 0.245. The second kappa shape index (κ2) is 13.1. The summed E-state index contributed by atoms with van der Waals surface area (Å²) in [5.41, 5.74) is 0. The third-order valence-electron chi connectivity index (χ3n) is 2.46. The summed E-state index contributed by atoms with van der Waals surface area (Å²) in [7, 11) is 0. The number of hydrogen-bond acceptors (Lipinski definition) is 3. The topological polar surface area (TPSA) is 74.6 Å². The number of thiophene rings is 1. The normalized spacial score (nSPS) is 9.47. The smallest absolute Gasteiger partial charge is 0.303 e. The Kier molecular flexibility index (Phi) is 12.1. The molecule has 0 amide bonds. The molecule has 0 saturated heterocycles. The molecule has 0 aliphatic carbocycles. The molecule has 108 valence electrons. The van der Waals surface area contributed by atoms with Crippen molar-refractivity contribution in [3.8, 4) is 0 Å². The van der Waals surface area contributed by atoms with E-state index in [-0.39, 0.29) is 12.8 Å². The van der Waals surface area contributed by atoms with Crippen molar-refractivity contribution < 1.29 is 19.8 Å². The maximum Gasteiger partial charge on any atom is 0.303 e. The van der Waals surface area contributed by atoms with E-state index in [1.807, 2.05) is 22.9 Å². The molecule has 0 unspecified atom stereocenters. The van der Waals surface area contributed by atoms with E-state index >= 15 is 0 Å². The average molecular weight is 286 g/mol. The summed E-state index contributed by atoms with van der Waals surface area (Å²) >= 11 is 1.71. The van der Waals surface area contributed by atoms with Crippen molar-refractivity contribution >= 4 is 23.3 Å². The number of rotatable bonds is 9. The lowest BCUT2D eigenvalue weighted by molar-refractivity contribution is -0.138. The van der Waals surface area contributed by atoms with E-state index in [0.29, 0.717) is 0 Å². The van der Waals surface area contributed by atoms with Crippen LogP contribution in [0.3, 0.4) is 0 Å². The number of aliphatic carboxylic acids is 2. The van der Waals surface area contributed by atoms with Crippen molar-refractivity contribution in [2.24, 2.45) is 0 Å². The summed E-state index contributed by atoms with van der Waals surface area (Å²) in [4.78, 5) is 20.3. The van der Waals surface area contributed by atoms with Crippen LogP contribution in [0, 0.1) is 0 Å². The van der Waals surface area contributed by atoms with Gasteiger partial charge in [0.2, 0.25) is 0 Å². The summed E-state index contributed by atoms with van der Waals surface area (Å²) in [5, 5.41) is 20.8. The van der Waals surface area contributed by atoms with Gasteiger partial charge in [0.05, 0.1) is 0 Å². The zero-order valence-electron chi connectivity index (χ0n) is 11.1. The second-order valence-electron chi connectivity index (χ2n) is 4.20. The van der Waals surface area contributed by atoms with Crippen LogP contribution < -0.4 is 0 Å². The highest BCUT2D eigenvalue weighted by atomic mass is 32.1. The number of carboxylic acid groups (broad SMARTS) is 2. The summed E-state index contributed by atoms with van der Waals surface area (Å²) in [6, 6.07) is 4.04. The highest BCUT2D eigenvalue weighted by Crippen LogP contribution is 2.08. The van der Waals surface area contributed by atoms with Gasteiger partial charge < -0.3 is 10.2 Å². The van der Waals surface area contributed by atoms with E-state index in [1.54, 1.807) is 11.3 Å². The Morgan fingerprint density at radius 3 is 1.37 bits per heavy atom. The van der Waals surface area contributed by atoms with E-state index in [1.165, 1.54) is 0 Å². The molecule has 1 rings (SSSR count). The molecule has 0 aromatic carbocycles. The van der Waals surface area contributed by atoms with Gasteiger partial charge in [-0.2, -0.15) is 11.3 Å². The number of carboxylic acids is 2. The molecule has 0 saturated carbocycles. The molecular weight excluding hydrogens is 264 g/mol. The van der Waals surface area contributed by atoms with Gasteiger partial charge in [-0.1, -0.05) is 37.8 Å². The quantitative estimate of drug-likeness (QED) is 0.672. The lowest BCUT2D eigenvalue weighted by atomic mass is 10.1. The molecule has 0 spiro atoms. The lowest BCUT2D eigenvalue weighted by Gasteiger charge is -1.98. The minimum Gasteiger partial charge on any atom is -0.481 e. The molecule has 1 heterocycles. The molecule has 0 radical (unpaired) electrons. The van der Waals surface area contributed by atoms with Crippen molar-refractivity contribution in [3.63, 3.8) is 0 Å². The van der Waals surface area contributed by atoms with Crippen molar-refractivity contribution in [1.82, 2.24) is 0 Å². The third-order valence-corrected chi connectivity index (χ3v) is 3.09. The lowest BCUT2D eigenvalue weighted by Crippen LogP contribution is -1.94. The molecule has 4 nitrogen and oxygen atoms in total. The van der Waals surface area contributed by atoms with Gasteiger partial charge in [0, 0.05) is 12.8 Å². The van der Waals surface area contributed by atoms with Crippen LogP contribution in [-0.4, -0.2) is 22.2 Å². The van der Waals surface area contributed by atoms with Gasteiger partial charge in [0.1, 0.15) is 0 Å². The minimum atomic E-state index is -0.740. The Bertz CT molecular complexity index is 285. The van der Waals surface area contributed by atoms with E-state index in [4.69, 9.17) is 10.2 Å². The van der Waals surface area contributed by atoms with Crippen LogP contribution in [0.15, 0.2) is 22.9 Å². The fraction of sp³-hybridized carbons (Fsp3) is 0.571. The van der Waals surface area contributed by atoms with E-state index in [9.17, 15) is 9.59 Å². The molecule has 0 aliphatic rings. The fourth-order valence-electron chi connectivity index (χ4n) is 1.49. The molecule has 0 bridgehead atoms. The third kappa shape index (κ3) is 16.6. The maximum atomic E-state index is 10.1. The van der Waals surface area contributed by atoms with E-state index in [2.05, 4.69) is 0 Å². The Labute approximate surface area is 118 Å². The standard InChI is InChI=1S/C10H18O4.C4H4S/c11-9(12)7-5-3-1-2-4-6-8-10(13)14;1-2-4-5-3-1/h1-8H2,(H,11,12)(H,13,14);1-4H. The largest absolute Gasteiger partial charge is 0.481 e. The summed E-state index contributed by atoms with van der Waals surface area (Å²) in [6.07, 6.45) is 5.82. The first-order valence-corrected chi connectivity index (χ1v) is 7.48. The Morgan fingerprint density at radius 2 is 1.11 bits per heavy atom. The van der Waals surface area contributed by atoms with Crippen LogP contribution in [0.5, 0.6) is 0 Å². The van der Waals surface area contributed by atoms with Gasteiger partial charge in [0.25, 0.3) is 0 Å². The molecule has 0 atom stereocenters. The molecule has 2 N–H and O–H groups in total. The highest BCUT2D eigenvalue weighted by Gasteiger charge is 1.98. The molecule has 0 aliphatic heterocycles. The average Bonchev–Trinajstić information content (AvgIpc) is 2.90. The zero-order chi connectivity index (χ0) is 14.3. The first kappa shape index (κ1) is 17.6. The number of unbranched alkanes of at least 4 members (excludes halogenated alkanes) is 5. The van der Waals surface area contributed by atoms with Crippen LogP contribution >= 0.6 is 11.3 Å². The number of carbonyl (C=O) groups is 2. The molecule has 19 heavy (non-hydrogen) atoms. The molecular formula is C14H22O4S. The molecule has 5 heteroatoms.